The first-order chi connectivity index (χ1) is 9.42. The van der Waals surface area contributed by atoms with Gasteiger partial charge in [-0.3, -0.25) is 9.71 Å². The maximum absolute atomic E-state index is 12.3. The fraction of sp³-hybridized carbons (Fsp3) is 0.154. The van der Waals surface area contributed by atoms with Gasteiger partial charge in [0.15, 0.2) is 0 Å². The topological polar surface area (TPSA) is 68.3 Å². The van der Waals surface area contributed by atoms with Crippen LogP contribution in [0.4, 0.5) is 5.69 Å². The molecular weight excluding hydrogens is 300 g/mol. The molecule has 7 heteroatoms. The van der Waals surface area contributed by atoms with Gasteiger partial charge in [0.2, 0.25) is 0 Å². The number of nitrogens with zero attached hydrogens (tertiary/aromatic N) is 1. The minimum absolute atomic E-state index is 0.00516. The van der Waals surface area contributed by atoms with Crippen molar-refractivity contribution in [1.29, 1.82) is 0 Å². The Balaban J connectivity index is 2.36. The highest BCUT2D eigenvalue weighted by molar-refractivity contribution is 7.92. The number of hydrogen-bond donors (Lipinski definition) is 1. The van der Waals surface area contributed by atoms with E-state index in [1.54, 1.807) is 19.1 Å². The number of benzene rings is 1. The van der Waals surface area contributed by atoms with Crippen LogP contribution in [-0.4, -0.2) is 20.5 Å². The third kappa shape index (κ3) is 3.20. The number of aromatic nitrogens is 1. The van der Waals surface area contributed by atoms with Crippen LogP contribution in [0.3, 0.4) is 0 Å². The van der Waals surface area contributed by atoms with Crippen LogP contribution in [0.15, 0.2) is 41.4 Å². The molecule has 2 aromatic rings. The number of anilines is 1. The second kappa shape index (κ2) is 5.68. The zero-order valence-corrected chi connectivity index (χ0v) is 12.5. The van der Waals surface area contributed by atoms with Crippen LogP contribution >= 0.6 is 11.6 Å². The molecule has 1 heterocycles. The van der Waals surface area contributed by atoms with E-state index in [-0.39, 0.29) is 9.92 Å². The van der Waals surface area contributed by atoms with Crippen molar-refractivity contribution in [2.45, 2.75) is 11.8 Å². The normalized spacial score (nSPS) is 11.2. The van der Waals surface area contributed by atoms with Gasteiger partial charge in [0.05, 0.1) is 17.8 Å². The summed E-state index contributed by atoms with van der Waals surface area (Å²) in [5.74, 6) is 0.494. The largest absolute Gasteiger partial charge is 0.497 e. The molecule has 0 fully saturated rings. The molecule has 0 amide bonds. The van der Waals surface area contributed by atoms with E-state index in [4.69, 9.17) is 16.3 Å². The van der Waals surface area contributed by atoms with Gasteiger partial charge in [-0.15, -0.1) is 0 Å². The van der Waals surface area contributed by atoms with Crippen LogP contribution in [0.1, 0.15) is 5.69 Å². The fourth-order valence-corrected chi connectivity index (χ4v) is 3.23. The van der Waals surface area contributed by atoms with Gasteiger partial charge in [0.1, 0.15) is 10.6 Å². The summed E-state index contributed by atoms with van der Waals surface area (Å²) >= 11 is 5.98. The highest BCUT2D eigenvalue weighted by atomic mass is 35.5. The van der Waals surface area contributed by atoms with Crippen molar-refractivity contribution in [3.63, 3.8) is 0 Å². The smallest absolute Gasteiger partial charge is 0.263 e. The van der Waals surface area contributed by atoms with E-state index in [0.29, 0.717) is 17.1 Å². The number of aryl methyl sites for hydroxylation is 1. The van der Waals surface area contributed by atoms with Crippen LogP contribution < -0.4 is 9.46 Å². The zero-order valence-electron chi connectivity index (χ0n) is 10.9. The summed E-state index contributed by atoms with van der Waals surface area (Å²) in [6.07, 6.45) is 1.53. The van der Waals surface area contributed by atoms with E-state index >= 15 is 0 Å². The number of sulfonamides is 1. The molecule has 0 aliphatic heterocycles. The van der Waals surface area contributed by atoms with E-state index in [2.05, 4.69) is 9.71 Å². The average molecular weight is 313 g/mol. The van der Waals surface area contributed by atoms with E-state index < -0.39 is 10.0 Å². The zero-order chi connectivity index (χ0) is 14.8. The highest BCUT2D eigenvalue weighted by Gasteiger charge is 2.18. The summed E-state index contributed by atoms with van der Waals surface area (Å²) < 4.78 is 32.0. The number of ether oxygens (including phenoxy) is 1. The summed E-state index contributed by atoms with van der Waals surface area (Å²) in [6.45, 7) is 1.78. The number of rotatable bonds is 4. The molecule has 0 saturated carbocycles. The summed E-state index contributed by atoms with van der Waals surface area (Å²) in [5, 5.41) is 0.0997. The van der Waals surface area contributed by atoms with E-state index in [0.717, 1.165) is 0 Å². The molecule has 0 aliphatic carbocycles. The van der Waals surface area contributed by atoms with Crippen LogP contribution in [-0.2, 0) is 10.0 Å². The number of halogens is 1. The first-order valence-electron chi connectivity index (χ1n) is 5.71. The van der Waals surface area contributed by atoms with Crippen molar-refractivity contribution in [3.05, 3.63) is 47.2 Å². The molecule has 0 unspecified atom stereocenters. The predicted octanol–water partition coefficient (Wildman–Crippen LogP) is 2.85. The third-order valence-corrected chi connectivity index (χ3v) is 4.44. The number of pyridine rings is 1. The number of hydrogen-bond acceptors (Lipinski definition) is 4. The van der Waals surface area contributed by atoms with Gasteiger partial charge in [0.25, 0.3) is 10.0 Å². The lowest BCUT2D eigenvalue weighted by Gasteiger charge is -2.10. The van der Waals surface area contributed by atoms with Crippen molar-refractivity contribution < 1.29 is 13.2 Å². The molecule has 20 heavy (non-hydrogen) atoms. The lowest BCUT2D eigenvalue weighted by Crippen LogP contribution is -2.13. The maximum atomic E-state index is 12.3. The highest BCUT2D eigenvalue weighted by Crippen LogP contribution is 2.27. The minimum atomic E-state index is -3.75. The molecule has 0 saturated heterocycles. The van der Waals surface area contributed by atoms with Crippen LogP contribution in [0, 0.1) is 6.92 Å². The summed E-state index contributed by atoms with van der Waals surface area (Å²) in [4.78, 5) is 4.00. The third-order valence-electron chi connectivity index (χ3n) is 2.58. The van der Waals surface area contributed by atoms with E-state index in [9.17, 15) is 8.42 Å². The Morgan fingerprint density at radius 1 is 1.25 bits per heavy atom. The van der Waals surface area contributed by atoms with Crippen LogP contribution in [0.5, 0.6) is 5.75 Å². The molecule has 1 aromatic heterocycles. The minimum Gasteiger partial charge on any atom is -0.497 e. The summed E-state index contributed by atoms with van der Waals surface area (Å²) in [5.41, 5.74) is 1.15. The van der Waals surface area contributed by atoms with Gasteiger partial charge >= 0.3 is 0 Å². The Morgan fingerprint density at radius 2 is 2.00 bits per heavy atom. The standard InChI is InChI=1S/C13H13ClN2O3S/c1-9-7-10(5-6-15-9)16-20(17,18)13-4-3-11(19-2)8-12(13)14/h3-8H,1-2H3,(H,15,16). The number of methoxy groups -OCH3 is 1. The van der Waals surface area contributed by atoms with Gasteiger partial charge in [-0.25, -0.2) is 8.42 Å². The van der Waals surface area contributed by atoms with Gasteiger partial charge in [0, 0.05) is 18.0 Å². The van der Waals surface area contributed by atoms with Gasteiger partial charge < -0.3 is 4.74 Å². The molecule has 0 aliphatic rings. The lowest BCUT2D eigenvalue weighted by atomic mass is 10.3. The predicted molar refractivity (Wildman–Crippen MR) is 77.8 cm³/mol. The van der Waals surface area contributed by atoms with Gasteiger partial charge in [-0.05, 0) is 31.2 Å². The second-order valence-electron chi connectivity index (χ2n) is 4.09. The Bertz CT molecular complexity index is 732. The van der Waals surface area contributed by atoms with Crippen LogP contribution in [0.2, 0.25) is 5.02 Å². The van der Waals surface area contributed by atoms with Crippen molar-refractivity contribution in [1.82, 2.24) is 4.98 Å². The van der Waals surface area contributed by atoms with E-state index in [1.807, 2.05) is 0 Å². The SMILES string of the molecule is COc1ccc(S(=O)(=O)Nc2ccnc(C)c2)c(Cl)c1. The van der Waals surface area contributed by atoms with Crippen molar-refractivity contribution in [2.24, 2.45) is 0 Å². The van der Waals surface area contributed by atoms with Gasteiger partial charge in [-0.2, -0.15) is 0 Å². The molecule has 0 atom stereocenters. The molecule has 0 radical (unpaired) electrons. The Hall–Kier alpha value is -1.79. The first kappa shape index (κ1) is 14.6. The monoisotopic (exact) mass is 312 g/mol. The quantitative estimate of drug-likeness (QED) is 0.942. The van der Waals surface area contributed by atoms with Crippen molar-refractivity contribution >= 4 is 27.3 Å². The number of nitrogens with one attached hydrogen (secondary N) is 1. The molecule has 106 valence electrons. The first-order valence-corrected chi connectivity index (χ1v) is 7.57. The van der Waals surface area contributed by atoms with Crippen molar-refractivity contribution in [2.75, 3.05) is 11.8 Å². The molecule has 5 nitrogen and oxygen atoms in total. The molecule has 1 N–H and O–H groups in total. The molecular formula is C13H13ClN2O3S. The Kier molecular flexibility index (Phi) is 4.15. The lowest BCUT2D eigenvalue weighted by molar-refractivity contribution is 0.414. The molecule has 1 aromatic carbocycles. The fourth-order valence-electron chi connectivity index (χ4n) is 1.65. The average Bonchev–Trinajstić information content (AvgIpc) is 2.37. The van der Waals surface area contributed by atoms with Crippen molar-refractivity contribution in [3.8, 4) is 5.75 Å². The molecule has 2 rings (SSSR count). The summed E-state index contributed by atoms with van der Waals surface area (Å²) in [7, 11) is -2.27. The van der Waals surface area contributed by atoms with Crippen LogP contribution in [0.25, 0.3) is 0 Å². The Labute approximate surface area is 122 Å². The Morgan fingerprint density at radius 3 is 2.60 bits per heavy atom. The summed E-state index contributed by atoms with van der Waals surface area (Å²) in [6, 6.07) is 7.60. The van der Waals surface area contributed by atoms with Gasteiger partial charge in [-0.1, -0.05) is 11.6 Å². The molecule has 0 bridgehead atoms. The van der Waals surface area contributed by atoms with E-state index in [1.165, 1.54) is 31.5 Å². The maximum Gasteiger partial charge on any atom is 0.263 e. The molecule has 0 spiro atoms. The second-order valence-corrected chi connectivity index (χ2v) is 6.15.